The number of carbonyl (C=O) groups excluding carboxylic acids is 1. The van der Waals surface area contributed by atoms with E-state index in [0.717, 1.165) is 17.5 Å². The predicted octanol–water partition coefficient (Wildman–Crippen LogP) is 4.01. The number of hydrogen-bond acceptors (Lipinski definition) is 2. The number of hydrogen-bond donors (Lipinski definition) is 1. The van der Waals surface area contributed by atoms with Gasteiger partial charge in [-0.1, -0.05) is 44.2 Å². The lowest BCUT2D eigenvalue weighted by molar-refractivity contribution is 0.103. The second-order valence-corrected chi connectivity index (χ2v) is 5.65. The Kier molecular flexibility index (Phi) is 4.23. The molecule has 20 heavy (non-hydrogen) atoms. The number of rotatable bonds is 4. The molecule has 0 saturated carbocycles. The lowest BCUT2D eigenvalue weighted by Gasteiger charge is -2.10. The zero-order valence-electron chi connectivity index (χ0n) is 12.3. The minimum absolute atomic E-state index is 0.0420. The van der Waals surface area contributed by atoms with Crippen LogP contribution in [0.1, 0.15) is 40.9 Å². The number of nitrogen functional groups attached to an aromatic ring is 1. The van der Waals surface area contributed by atoms with E-state index in [1.807, 2.05) is 43.3 Å². The highest BCUT2D eigenvalue weighted by Crippen LogP contribution is 2.20. The Morgan fingerprint density at radius 1 is 1.15 bits per heavy atom. The van der Waals surface area contributed by atoms with Gasteiger partial charge < -0.3 is 5.73 Å². The summed E-state index contributed by atoms with van der Waals surface area (Å²) >= 11 is 0. The number of anilines is 1. The average Bonchev–Trinajstić information content (AvgIpc) is 2.41. The van der Waals surface area contributed by atoms with Gasteiger partial charge in [-0.25, -0.2) is 0 Å². The Hall–Kier alpha value is -2.09. The van der Waals surface area contributed by atoms with E-state index in [4.69, 9.17) is 5.73 Å². The average molecular weight is 267 g/mol. The molecule has 2 nitrogen and oxygen atoms in total. The Balaban J connectivity index is 2.36. The second kappa shape index (κ2) is 5.91. The van der Waals surface area contributed by atoms with E-state index < -0.39 is 0 Å². The molecule has 0 heterocycles. The summed E-state index contributed by atoms with van der Waals surface area (Å²) < 4.78 is 0. The third-order valence-corrected chi connectivity index (χ3v) is 3.45. The Morgan fingerprint density at radius 3 is 2.55 bits per heavy atom. The minimum Gasteiger partial charge on any atom is -0.398 e. The van der Waals surface area contributed by atoms with Gasteiger partial charge in [-0.2, -0.15) is 0 Å². The van der Waals surface area contributed by atoms with Gasteiger partial charge >= 0.3 is 0 Å². The van der Waals surface area contributed by atoms with Crippen LogP contribution in [0, 0.1) is 12.8 Å². The maximum absolute atomic E-state index is 12.6. The van der Waals surface area contributed by atoms with Crippen LogP contribution in [0.5, 0.6) is 0 Å². The molecule has 2 aromatic carbocycles. The highest BCUT2D eigenvalue weighted by molar-refractivity contribution is 6.10. The molecule has 0 unspecified atom stereocenters. The van der Waals surface area contributed by atoms with Crippen molar-refractivity contribution in [2.75, 3.05) is 5.73 Å². The summed E-state index contributed by atoms with van der Waals surface area (Å²) in [5.74, 6) is 0.620. The highest BCUT2D eigenvalue weighted by Gasteiger charge is 2.13. The molecule has 0 aromatic heterocycles. The van der Waals surface area contributed by atoms with Gasteiger partial charge in [0, 0.05) is 16.8 Å². The van der Waals surface area contributed by atoms with Gasteiger partial charge in [-0.15, -0.1) is 0 Å². The van der Waals surface area contributed by atoms with E-state index in [0.29, 0.717) is 17.2 Å². The third kappa shape index (κ3) is 3.08. The van der Waals surface area contributed by atoms with Crippen molar-refractivity contribution in [3.8, 4) is 0 Å². The van der Waals surface area contributed by atoms with Crippen molar-refractivity contribution < 1.29 is 4.79 Å². The molecule has 2 heteroatoms. The molecule has 104 valence electrons. The van der Waals surface area contributed by atoms with Crippen molar-refractivity contribution in [2.24, 2.45) is 5.92 Å². The van der Waals surface area contributed by atoms with Crippen molar-refractivity contribution in [1.82, 2.24) is 0 Å². The molecular weight excluding hydrogens is 246 g/mol. The molecule has 0 amide bonds. The van der Waals surface area contributed by atoms with Gasteiger partial charge in [0.25, 0.3) is 0 Å². The predicted molar refractivity (Wildman–Crippen MR) is 84.0 cm³/mol. The first-order valence-electron chi connectivity index (χ1n) is 6.97. The zero-order chi connectivity index (χ0) is 14.7. The van der Waals surface area contributed by atoms with E-state index >= 15 is 0 Å². The van der Waals surface area contributed by atoms with E-state index in [9.17, 15) is 4.79 Å². The molecule has 0 saturated heterocycles. The minimum atomic E-state index is 0.0420. The summed E-state index contributed by atoms with van der Waals surface area (Å²) in [6.07, 6.45) is 0.983. The molecule has 2 aromatic rings. The zero-order valence-corrected chi connectivity index (χ0v) is 12.3. The Bertz CT molecular complexity index is 629. The molecule has 0 aliphatic carbocycles. The van der Waals surface area contributed by atoms with Crippen molar-refractivity contribution >= 4 is 11.5 Å². The van der Waals surface area contributed by atoms with Crippen LogP contribution in [-0.2, 0) is 6.42 Å². The smallest absolute Gasteiger partial charge is 0.193 e. The largest absolute Gasteiger partial charge is 0.398 e. The molecule has 2 rings (SSSR count). The Morgan fingerprint density at radius 2 is 1.85 bits per heavy atom. The first-order valence-corrected chi connectivity index (χ1v) is 6.97. The van der Waals surface area contributed by atoms with Crippen molar-refractivity contribution in [2.45, 2.75) is 27.2 Å². The van der Waals surface area contributed by atoms with Crippen molar-refractivity contribution in [1.29, 1.82) is 0 Å². The summed E-state index contributed by atoms with van der Waals surface area (Å²) in [4.78, 5) is 12.6. The maximum atomic E-state index is 12.6. The summed E-state index contributed by atoms with van der Waals surface area (Å²) in [6, 6.07) is 13.4. The maximum Gasteiger partial charge on any atom is 0.193 e. The molecule has 0 radical (unpaired) electrons. The van der Waals surface area contributed by atoms with Crippen LogP contribution in [-0.4, -0.2) is 5.78 Å². The fraction of sp³-hybridized carbons (Fsp3) is 0.278. The van der Waals surface area contributed by atoms with Crippen molar-refractivity contribution in [3.05, 3.63) is 64.7 Å². The first kappa shape index (κ1) is 14.3. The van der Waals surface area contributed by atoms with E-state index in [2.05, 4.69) is 19.9 Å². The van der Waals surface area contributed by atoms with Gasteiger partial charge in [-0.05, 0) is 42.5 Å². The van der Waals surface area contributed by atoms with Crippen LogP contribution in [0.25, 0.3) is 0 Å². The Labute approximate surface area is 120 Å². The second-order valence-electron chi connectivity index (χ2n) is 5.65. The standard InChI is InChI=1S/C18H21NO/c1-12(2)10-14-6-4-7-15(11-14)18(20)16-8-5-9-17(19)13(16)3/h4-9,11-12H,10,19H2,1-3H3. The van der Waals surface area contributed by atoms with E-state index in [1.165, 1.54) is 5.56 Å². The van der Waals surface area contributed by atoms with E-state index in [1.54, 1.807) is 0 Å². The van der Waals surface area contributed by atoms with Crippen molar-refractivity contribution in [3.63, 3.8) is 0 Å². The van der Waals surface area contributed by atoms with Gasteiger partial charge in [0.05, 0.1) is 0 Å². The van der Waals surface area contributed by atoms with Crippen LogP contribution < -0.4 is 5.73 Å². The summed E-state index contributed by atoms with van der Waals surface area (Å²) in [5.41, 5.74) is 10.0. The lowest BCUT2D eigenvalue weighted by Crippen LogP contribution is -2.06. The molecular formula is C18H21NO. The highest BCUT2D eigenvalue weighted by atomic mass is 16.1. The molecule has 0 bridgehead atoms. The third-order valence-electron chi connectivity index (χ3n) is 3.45. The lowest BCUT2D eigenvalue weighted by atomic mass is 9.95. The first-order chi connectivity index (χ1) is 9.49. The van der Waals surface area contributed by atoms with Gasteiger partial charge in [0.15, 0.2) is 5.78 Å². The monoisotopic (exact) mass is 267 g/mol. The molecule has 0 aliphatic rings. The van der Waals surface area contributed by atoms with E-state index in [-0.39, 0.29) is 5.78 Å². The summed E-state index contributed by atoms with van der Waals surface area (Å²) in [5, 5.41) is 0. The topological polar surface area (TPSA) is 43.1 Å². The molecule has 0 atom stereocenters. The quantitative estimate of drug-likeness (QED) is 0.672. The summed E-state index contributed by atoms with van der Waals surface area (Å²) in [7, 11) is 0. The van der Waals surface area contributed by atoms with Gasteiger partial charge in [0.2, 0.25) is 0 Å². The number of nitrogens with two attached hydrogens (primary N) is 1. The summed E-state index contributed by atoms with van der Waals surface area (Å²) in [6.45, 7) is 6.24. The molecule has 0 fully saturated rings. The fourth-order valence-electron chi connectivity index (χ4n) is 2.37. The van der Waals surface area contributed by atoms with Gasteiger partial charge in [-0.3, -0.25) is 4.79 Å². The SMILES string of the molecule is Cc1c(N)cccc1C(=O)c1cccc(CC(C)C)c1. The van der Waals surface area contributed by atoms with Crippen LogP contribution in [0.2, 0.25) is 0 Å². The molecule has 2 N–H and O–H groups in total. The normalized spacial score (nSPS) is 10.8. The van der Waals surface area contributed by atoms with Crippen LogP contribution in [0.15, 0.2) is 42.5 Å². The van der Waals surface area contributed by atoms with Crippen LogP contribution >= 0.6 is 0 Å². The van der Waals surface area contributed by atoms with Crippen LogP contribution in [0.3, 0.4) is 0 Å². The number of benzene rings is 2. The number of carbonyl (C=O) groups is 1. The number of ketones is 1. The molecule has 0 aliphatic heterocycles. The fourth-order valence-corrected chi connectivity index (χ4v) is 2.37. The molecule has 0 spiro atoms. The van der Waals surface area contributed by atoms with Crippen LogP contribution in [0.4, 0.5) is 5.69 Å². The van der Waals surface area contributed by atoms with Gasteiger partial charge in [0.1, 0.15) is 0 Å².